The van der Waals surface area contributed by atoms with Crippen molar-refractivity contribution in [2.45, 2.75) is 20.0 Å². The first-order valence-electron chi connectivity index (χ1n) is 7.90. The van der Waals surface area contributed by atoms with Crippen LogP contribution in [-0.4, -0.2) is 19.3 Å². The number of benzene rings is 2. The fourth-order valence-corrected chi connectivity index (χ4v) is 2.34. The molecule has 2 aromatic carbocycles. The second-order valence-electron chi connectivity index (χ2n) is 5.36. The molecular formula is C18H20FN3O2. The molecule has 0 bridgehead atoms. The van der Waals surface area contributed by atoms with Crippen LogP contribution in [0.25, 0.3) is 0 Å². The summed E-state index contributed by atoms with van der Waals surface area (Å²) in [5, 5.41) is 6.44. The third-order valence-electron chi connectivity index (χ3n) is 3.57. The van der Waals surface area contributed by atoms with E-state index < -0.39 is 0 Å². The number of aliphatic imine (C=N–C) groups is 1. The van der Waals surface area contributed by atoms with Gasteiger partial charge >= 0.3 is 0 Å². The van der Waals surface area contributed by atoms with Gasteiger partial charge in [0, 0.05) is 13.1 Å². The number of nitrogens with zero attached hydrogens (tertiary/aromatic N) is 1. The lowest BCUT2D eigenvalue weighted by atomic mass is 10.2. The molecule has 0 spiro atoms. The number of guanidine groups is 1. The van der Waals surface area contributed by atoms with E-state index in [1.165, 1.54) is 12.1 Å². The minimum absolute atomic E-state index is 0.234. The molecule has 0 aliphatic carbocycles. The standard InChI is InChI=1S/C18H20FN3O2/c1-2-20-18(21-10-13-3-6-15(19)7-4-13)22-11-14-5-8-16-17(9-14)24-12-23-16/h3-9H,2,10-12H2,1H3,(H2,20,21,22). The van der Waals surface area contributed by atoms with E-state index >= 15 is 0 Å². The molecule has 0 radical (unpaired) electrons. The van der Waals surface area contributed by atoms with Gasteiger partial charge in [-0.25, -0.2) is 9.38 Å². The highest BCUT2D eigenvalue weighted by Crippen LogP contribution is 2.32. The summed E-state index contributed by atoms with van der Waals surface area (Å²) in [6, 6.07) is 12.2. The lowest BCUT2D eigenvalue weighted by Gasteiger charge is -2.11. The van der Waals surface area contributed by atoms with E-state index in [-0.39, 0.29) is 12.6 Å². The molecule has 24 heavy (non-hydrogen) atoms. The summed E-state index contributed by atoms with van der Waals surface area (Å²) in [4.78, 5) is 4.57. The molecule has 0 aromatic heterocycles. The molecule has 0 unspecified atom stereocenters. The predicted molar refractivity (Wildman–Crippen MR) is 90.6 cm³/mol. The third-order valence-corrected chi connectivity index (χ3v) is 3.57. The number of ether oxygens (including phenoxy) is 2. The summed E-state index contributed by atoms with van der Waals surface area (Å²) in [7, 11) is 0. The molecule has 1 aliphatic rings. The summed E-state index contributed by atoms with van der Waals surface area (Å²) < 4.78 is 23.6. The van der Waals surface area contributed by atoms with Crippen LogP contribution >= 0.6 is 0 Å². The van der Waals surface area contributed by atoms with Gasteiger partial charge in [0.05, 0.1) is 6.54 Å². The average molecular weight is 329 g/mol. The van der Waals surface area contributed by atoms with E-state index in [0.717, 1.165) is 29.2 Å². The van der Waals surface area contributed by atoms with Gasteiger partial charge in [-0.15, -0.1) is 0 Å². The Labute approximate surface area is 140 Å². The Bertz CT molecular complexity index is 717. The molecule has 0 amide bonds. The Kier molecular flexibility index (Phi) is 5.15. The maximum atomic E-state index is 12.9. The maximum Gasteiger partial charge on any atom is 0.231 e. The fourth-order valence-electron chi connectivity index (χ4n) is 2.34. The lowest BCUT2D eigenvalue weighted by Crippen LogP contribution is -2.36. The van der Waals surface area contributed by atoms with Gasteiger partial charge in [-0.3, -0.25) is 0 Å². The number of fused-ring (bicyclic) bond motifs is 1. The third kappa shape index (κ3) is 4.16. The molecule has 3 rings (SSSR count). The van der Waals surface area contributed by atoms with Crippen LogP contribution in [0.4, 0.5) is 4.39 Å². The van der Waals surface area contributed by atoms with Crippen LogP contribution in [0.2, 0.25) is 0 Å². The minimum Gasteiger partial charge on any atom is -0.454 e. The highest BCUT2D eigenvalue weighted by Gasteiger charge is 2.12. The first-order valence-corrected chi connectivity index (χ1v) is 7.90. The Hall–Kier alpha value is -2.76. The minimum atomic E-state index is -0.234. The van der Waals surface area contributed by atoms with Crippen LogP contribution in [0.5, 0.6) is 11.5 Å². The van der Waals surface area contributed by atoms with E-state index in [1.54, 1.807) is 12.1 Å². The number of nitrogens with one attached hydrogen (secondary N) is 2. The van der Waals surface area contributed by atoms with Crippen LogP contribution in [0, 0.1) is 5.82 Å². The topological polar surface area (TPSA) is 54.9 Å². The molecule has 0 atom stereocenters. The molecule has 0 saturated carbocycles. The van der Waals surface area contributed by atoms with Crippen LogP contribution in [0.1, 0.15) is 18.1 Å². The first kappa shape index (κ1) is 16.1. The van der Waals surface area contributed by atoms with Crippen LogP contribution in [0.15, 0.2) is 47.5 Å². The van der Waals surface area contributed by atoms with E-state index in [2.05, 4.69) is 15.6 Å². The summed E-state index contributed by atoms with van der Waals surface area (Å²) >= 11 is 0. The van der Waals surface area contributed by atoms with Crippen molar-refractivity contribution in [2.75, 3.05) is 13.3 Å². The molecule has 126 valence electrons. The summed E-state index contributed by atoms with van der Waals surface area (Å²) in [5.41, 5.74) is 2.03. The van der Waals surface area contributed by atoms with Gasteiger partial charge in [-0.05, 0) is 42.3 Å². The normalized spacial score (nSPS) is 13.0. The zero-order valence-electron chi connectivity index (χ0n) is 13.5. The van der Waals surface area contributed by atoms with Gasteiger partial charge in [0.15, 0.2) is 17.5 Å². The van der Waals surface area contributed by atoms with E-state index in [9.17, 15) is 4.39 Å². The van der Waals surface area contributed by atoms with Crippen molar-refractivity contribution in [2.24, 2.45) is 4.99 Å². The Morgan fingerprint density at radius 2 is 1.79 bits per heavy atom. The van der Waals surface area contributed by atoms with E-state index in [4.69, 9.17) is 9.47 Å². The Morgan fingerprint density at radius 3 is 2.58 bits per heavy atom. The Morgan fingerprint density at radius 1 is 1.04 bits per heavy atom. The zero-order valence-corrected chi connectivity index (χ0v) is 13.5. The van der Waals surface area contributed by atoms with Crippen molar-refractivity contribution in [1.82, 2.24) is 10.6 Å². The lowest BCUT2D eigenvalue weighted by molar-refractivity contribution is 0.174. The molecule has 2 aromatic rings. The van der Waals surface area contributed by atoms with Gasteiger partial charge in [-0.1, -0.05) is 18.2 Å². The second-order valence-corrected chi connectivity index (χ2v) is 5.36. The van der Waals surface area contributed by atoms with E-state index in [1.807, 2.05) is 25.1 Å². The SMILES string of the molecule is CCNC(=NCc1ccc2c(c1)OCO2)NCc1ccc(F)cc1. The molecule has 6 heteroatoms. The average Bonchev–Trinajstić information content (AvgIpc) is 3.06. The van der Waals surface area contributed by atoms with Crippen LogP contribution in [-0.2, 0) is 13.1 Å². The smallest absolute Gasteiger partial charge is 0.231 e. The van der Waals surface area contributed by atoms with Crippen molar-refractivity contribution in [3.63, 3.8) is 0 Å². The molecule has 0 fully saturated rings. The van der Waals surface area contributed by atoms with Crippen molar-refractivity contribution in [3.8, 4) is 11.5 Å². The number of hydrogen-bond donors (Lipinski definition) is 2. The monoisotopic (exact) mass is 329 g/mol. The first-order chi connectivity index (χ1) is 11.7. The van der Waals surface area contributed by atoms with Gasteiger partial charge in [0.2, 0.25) is 6.79 Å². The summed E-state index contributed by atoms with van der Waals surface area (Å²) in [6.07, 6.45) is 0. The van der Waals surface area contributed by atoms with Crippen molar-refractivity contribution in [1.29, 1.82) is 0 Å². The van der Waals surface area contributed by atoms with E-state index in [0.29, 0.717) is 19.0 Å². The Balaban J connectivity index is 1.61. The maximum absolute atomic E-state index is 12.9. The molecule has 5 nitrogen and oxygen atoms in total. The number of hydrogen-bond acceptors (Lipinski definition) is 3. The largest absolute Gasteiger partial charge is 0.454 e. The molecule has 1 aliphatic heterocycles. The summed E-state index contributed by atoms with van der Waals surface area (Å²) in [6.45, 7) is 4.14. The zero-order chi connectivity index (χ0) is 16.8. The highest BCUT2D eigenvalue weighted by molar-refractivity contribution is 5.79. The molecule has 2 N–H and O–H groups in total. The highest BCUT2D eigenvalue weighted by atomic mass is 19.1. The number of rotatable bonds is 5. The van der Waals surface area contributed by atoms with Crippen LogP contribution < -0.4 is 20.1 Å². The van der Waals surface area contributed by atoms with Gasteiger partial charge in [0.1, 0.15) is 5.82 Å². The molecule has 1 heterocycles. The van der Waals surface area contributed by atoms with Crippen molar-refractivity contribution >= 4 is 5.96 Å². The van der Waals surface area contributed by atoms with Crippen molar-refractivity contribution < 1.29 is 13.9 Å². The number of halogens is 1. The van der Waals surface area contributed by atoms with Gasteiger partial charge in [-0.2, -0.15) is 0 Å². The quantitative estimate of drug-likeness (QED) is 0.654. The van der Waals surface area contributed by atoms with Gasteiger partial charge < -0.3 is 20.1 Å². The predicted octanol–water partition coefficient (Wildman–Crippen LogP) is 2.81. The molecule has 0 saturated heterocycles. The second kappa shape index (κ2) is 7.68. The fraction of sp³-hybridized carbons (Fsp3) is 0.278. The van der Waals surface area contributed by atoms with Crippen molar-refractivity contribution in [3.05, 3.63) is 59.4 Å². The van der Waals surface area contributed by atoms with Crippen LogP contribution in [0.3, 0.4) is 0 Å². The molecular weight excluding hydrogens is 309 g/mol. The summed E-state index contributed by atoms with van der Waals surface area (Å²) in [5.74, 6) is 2.00. The van der Waals surface area contributed by atoms with Gasteiger partial charge in [0.25, 0.3) is 0 Å².